The lowest BCUT2D eigenvalue weighted by Crippen LogP contribution is -2.08. The smallest absolute Gasteiger partial charge is 0.196 e. The van der Waals surface area contributed by atoms with Crippen molar-refractivity contribution in [3.8, 4) is 11.5 Å². The van der Waals surface area contributed by atoms with Gasteiger partial charge >= 0.3 is 0 Å². The van der Waals surface area contributed by atoms with Gasteiger partial charge in [-0.2, -0.15) is 0 Å². The van der Waals surface area contributed by atoms with Crippen molar-refractivity contribution in [2.75, 3.05) is 20.3 Å². The summed E-state index contributed by atoms with van der Waals surface area (Å²) in [5.74, 6) is 0.885. The molecule has 0 atom stereocenters. The highest BCUT2D eigenvalue weighted by Gasteiger charge is 2.15. The number of carbonyl (C=O) groups is 1. The van der Waals surface area contributed by atoms with Crippen LogP contribution >= 0.6 is 0 Å². The summed E-state index contributed by atoms with van der Waals surface area (Å²) in [6.45, 7) is 0.0123. The van der Waals surface area contributed by atoms with Gasteiger partial charge in [0.1, 0.15) is 18.1 Å². The van der Waals surface area contributed by atoms with E-state index in [1.54, 1.807) is 37.4 Å². The Labute approximate surface area is 117 Å². The van der Waals surface area contributed by atoms with Gasteiger partial charge in [0.05, 0.1) is 19.3 Å². The predicted octanol–water partition coefficient (Wildman–Crippen LogP) is 2.30. The molecule has 0 aromatic heterocycles. The number of carbonyl (C=O) groups excluding carboxylic acids is 1. The zero-order valence-corrected chi connectivity index (χ0v) is 11.2. The number of methoxy groups -OCH3 is 1. The van der Waals surface area contributed by atoms with Crippen LogP contribution in [0.1, 0.15) is 15.9 Å². The number of benzene rings is 2. The molecule has 1 N–H and O–H groups in total. The van der Waals surface area contributed by atoms with E-state index in [0.29, 0.717) is 22.6 Å². The van der Waals surface area contributed by atoms with Gasteiger partial charge in [0.15, 0.2) is 5.78 Å². The van der Waals surface area contributed by atoms with E-state index >= 15 is 0 Å². The Morgan fingerprint density at radius 2 is 1.90 bits per heavy atom. The molecule has 4 heteroatoms. The van der Waals surface area contributed by atoms with Crippen LogP contribution in [0.4, 0.5) is 0 Å². The van der Waals surface area contributed by atoms with Gasteiger partial charge in [-0.05, 0) is 12.1 Å². The van der Waals surface area contributed by atoms with Crippen LogP contribution in [0.3, 0.4) is 0 Å². The Bertz CT molecular complexity index is 578. The maximum Gasteiger partial charge on any atom is 0.196 e. The molecular weight excluding hydrogens is 256 g/mol. The third-order valence-electron chi connectivity index (χ3n) is 2.82. The fraction of sp³-hybridized carbons (Fsp3) is 0.188. The maximum atomic E-state index is 12.4. The molecule has 0 amide bonds. The van der Waals surface area contributed by atoms with Gasteiger partial charge in [-0.15, -0.1) is 0 Å². The van der Waals surface area contributed by atoms with Gasteiger partial charge < -0.3 is 14.6 Å². The summed E-state index contributed by atoms with van der Waals surface area (Å²) in [6.07, 6.45) is 0. The summed E-state index contributed by atoms with van der Waals surface area (Å²) >= 11 is 0. The second-order valence-electron chi connectivity index (χ2n) is 4.13. The molecule has 0 radical (unpaired) electrons. The van der Waals surface area contributed by atoms with E-state index < -0.39 is 0 Å². The molecule has 2 aromatic rings. The molecule has 2 aromatic carbocycles. The fourth-order valence-corrected chi connectivity index (χ4v) is 1.84. The first kappa shape index (κ1) is 14.1. The SMILES string of the molecule is COc1ccc(C(=O)c2ccccc2)c(OCCO)c1. The minimum atomic E-state index is -0.124. The van der Waals surface area contributed by atoms with Gasteiger partial charge in [0, 0.05) is 11.6 Å². The highest BCUT2D eigenvalue weighted by molar-refractivity contribution is 6.10. The molecule has 0 bridgehead atoms. The lowest BCUT2D eigenvalue weighted by atomic mass is 10.0. The molecule has 0 aliphatic rings. The monoisotopic (exact) mass is 272 g/mol. The third kappa shape index (κ3) is 3.16. The van der Waals surface area contributed by atoms with Crippen molar-refractivity contribution in [2.45, 2.75) is 0 Å². The van der Waals surface area contributed by atoms with Gasteiger partial charge in [-0.3, -0.25) is 4.79 Å². The molecule has 4 nitrogen and oxygen atoms in total. The van der Waals surface area contributed by atoms with Crippen molar-refractivity contribution in [1.29, 1.82) is 0 Å². The van der Waals surface area contributed by atoms with E-state index in [9.17, 15) is 4.79 Å². The minimum absolute atomic E-state index is 0.115. The summed E-state index contributed by atoms with van der Waals surface area (Å²) in [5, 5.41) is 8.86. The van der Waals surface area contributed by atoms with E-state index in [4.69, 9.17) is 14.6 Å². The lowest BCUT2D eigenvalue weighted by molar-refractivity contribution is 0.103. The molecule has 0 aliphatic carbocycles. The van der Waals surface area contributed by atoms with Crippen LogP contribution in [-0.4, -0.2) is 31.2 Å². The van der Waals surface area contributed by atoms with Gasteiger partial charge in [-0.1, -0.05) is 30.3 Å². The molecule has 104 valence electrons. The van der Waals surface area contributed by atoms with E-state index in [1.807, 2.05) is 18.2 Å². The lowest BCUT2D eigenvalue weighted by Gasteiger charge is -2.11. The van der Waals surface area contributed by atoms with Crippen LogP contribution in [-0.2, 0) is 0 Å². The standard InChI is InChI=1S/C16H16O4/c1-19-13-7-8-14(15(11-13)20-10-9-17)16(18)12-5-3-2-4-6-12/h2-8,11,17H,9-10H2,1H3. The molecule has 0 saturated heterocycles. The molecule has 2 rings (SSSR count). The highest BCUT2D eigenvalue weighted by atomic mass is 16.5. The topological polar surface area (TPSA) is 55.8 Å². The summed E-state index contributed by atoms with van der Waals surface area (Å²) in [4.78, 5) is 12.4. The van der Waals surface area contributed by atoms with Crippen molar-refractivity contribution in [3.05, 3.63) is 59.7 Å². The van der Waals surface area contributed by atoms with Gasteiger partial charge in [-0.25, -0.2) is 0 Å². The van der Waals surface area contributed by atoms with E-state index in [2.05, 4.69) is 0 Å². The largest absolute Gasteiger partial charge is 0.497 e. The van der Waals surface area contributed by atoms with Crippen LogP contribution < -0.4 is 9.47 Å². The average Bonchev–Trinajstić information content (AvgIpc) is 2.52. The number of hydrogen-bond acceptors (Lipinski definition) is 4. The summed E-state index contributed by atoms with van der Waals surface area (Å²) in [5.41, 5.74) is 1.04. The second-order valence-corrected chi connectivity index (χ2v) is 4.13. The Kier molecular flexibility index (Phi) is 4.74. The van der Waals surface area contributed by atoms with Gasteiger partial charge in [0.2, 0.25) is 0 Å². The summed E-state index contributed by atoms with van der Waals surface area (Å²) in [6, 6.07) is 14.0. The van der Waals surface area contributed by atoms with E-state index in [1.165, 1.54) is 0 Å². The summed E-state index contributed by atoms with van der Waals surface area (Å²) in [7, 11) is 1.55. The highest BCUT2D eigenvalue weighted by Crippen LogP contribution is 2.27. The molecule has 20 heavy (non-hydrogen) atoms. The van der Waals surface area contributed by atoms with E-state index in [-0.39, 0.29) is 19.0 Å². The number of aliphatic hydroxyl groups excluding tert-OH is 1. The number of aliphatic hydroxyl groups is 1. The third-order valence-corrected chi connectivity index (χ3v) is 2.82. The normalized spacial score (nSPS) is 10.1. The predicted molar refractivity (Wildman–Crippen MR) is 75.4 cm³/mol. The molecule has 0 spiro atoms. The number of ketones is 1. The van der Waals surface area contributed by atoms with Crippen molar-refractivity contribution in [1.82, 2.24) is 0 Å². The van der Waals surface area contributed by atoms with Crippen LogP contribution in [0.2, 0.25) is 0 Å². The average molecular weight is 272 g/mol. The first-order valence-electron chi connectivity index (χ1n) is 6.27. The summed E-state index contributed by atoms with van der Waals surface area (Å²) < 4.78 is 10.5. The molecule has 0 fully saturated rings. The van der Waals surface area contributed by atoms with Crippen LogP contribution in [0.25, 0.3) is 0 Å². The van der Waals surface area contributed by atoms with Crippen LogP contribution in [0, 0.1) is 0 Å². The Hall–Kier alpha value is -2.33. The number of ether oxygens (including phenoxy) is 2. The Morgan fingerprint density at radius 3 is 2.55 bits per heavy atom. The van der Waals surface area contributed by atoms with E-state index in [0.717, 1.165) is 0 Å². The number of rotatable bonds is 6. The van der Waals surface area contributed by atoms with Crippen LogP contribution in [0.5, 0.6) is 11.5 Å². The molecule has 0 unspecified atom stereocenters. The zero-order valence-electron chi connectivity index (χ0n) is 11.2. The number of hydrogen-bond donors (Lipinski definition) is 1. The van der Waals surface area contributed by atoms with Crippen LogP contribution in [0.15, 0.2) is 48.5 Å². The second kappa shape index (κ2) is 6.73. The van der Waals surface area contributed by atoms with Gasteiger partial charge in [0.25, 0.3) is 0 Å². The maximum absolute atomic E-state index is 12.4. The molecule has 0 aliphatic heterocycles. The Balaban J connectivity index is 2.37. The van der Waals surface area contributed by atoms with Crippen molar-refractivity contribution >= 4 is 5.78 Å². The quantitative estimate of drug-likeness (QED) is 0.820. The fourth-order valence-electron chi connectivity index (χ4n) is 1.84. The molecule has 0 saturated carbocycles. The zero-order chi connectivity index (χ0) is 14.4. The molecular formula is C16H16O4. The first-order chi connectivity index (χ1) is 9.76. The van der Waals surface area contributed by atoms with Crippen molar-refractivity contribution in [3.63, 3.8) is 0 Å². The Morgan fingerprint density at radius 1 is 1.15 bits per heavy atom. The van der Waals surface area contributed by atoms with Crippen molar-refractivity contribution < 1.29 is 19.4 Å². The first-order valence-corrected chi connectivity index (χ1v) is 6.27. The van der Waals surface area contributed by atoms with Crippen molar-refractivity contribution in [2.24, 2.45) is 0 Å². The molecule has 0 heterocycles. The minimum Gasteiger partial charge on any atom is -0.497 e.